The van der Waals surface area contributed by atoms with Gasteiger partial charge in [-0.1, -0.05) is 13.3 Å². The summed E-state index contributed by atoms with van der Waals surface area (Å²) < 4.78 is 0. The van der Waals surface area contributed by atoms with Crippen LogP contribution in [0, 0.1) is 12.8 Å². The standard InChI is InChI=1S/C12H19N3O/c1-3-4-10-5-6-15(8-10)11-7-12(16)14-9(2)13-11/h7,10H,3-6,8H2,1-2H3,(H,13,14,16). The van der Waals surface area contributed by atoms with Crippen molar-refractivity contribution in [2.75, 3.05) is 18.0 Å². The third-order valence-corrected chi connectivity index (χ3v) is 3.15. The lowest BCUT2D eigenvalue weighted by molar-refractivity contribution is 0.529. The summed E-state index contributed by atoms with van der Waals surface area (Å²) in [6.07, 6.45) is 3.74. The summed E-state index contributed by atoms with van der Waals surface area (Å²) >= 11 is 0. The first-order valence-electron chi connectivity index (χ1n) is 6.02. The SMILES string of the molecule is CCCC1CCN(c2cc(=O)[nH]c(C)n2)C1. The van der Waals surface area contributed by atoms with Crippen LogP contribution in [0.2, 0.25) is 0 Å². The predicted octanol–water partition coefficient (Wildman–Crippen LogP) is 1.70. The van der Waals surface area contributed by atoms with Crippen LogP contribution in [-0.2, 0) is 0 Å². The van der Waals surface area contributed by atoms with Crippen molar-refractivity contribution >= 4 is 5.82 Å². The topological polar surface area (TPSA) is 49.0 Å². The van der Waals surface area contributed by atoms with E-state index in [9.17, 15) is 4.79 Å². The minimum Gasteiger partial charge on any atom is -0.356 e. The highest BCUT2D eigenvalue weighted by Gasteiger charge is 2.22. The highest BCUT2D eigenvalue weighted by atomic mass is 16.1. The first kappa shape index (κ1) is 11.2. The molecule has 1 fully saturated rings. The number of hydrogen-bond acceptors (Lipinski definition) is 3. The molecule has 1 atom stereocenters. The van der Waals surface area contributed by atoms with Crippen LogP contribution in [0.15, 0.2) is 10.9 Å². The molecule has 0 bridgehead atoms. The molecule has 1 aliphatic rings. The van der Waals surface area contributed by atoms with Gasteiger partial charge in [-0.05, 0) is 25.7 Å². The second kappa shape index (κ2) is 4.68. The maximum atomic E-state index is 11.4. The van der Waals surface area contributed by atoms with Crippen LogP contribution in [0.4, 0.5) is 5.82 Å². The lowest BCUT2D eigenvalue weighted by Crippen LogP contribution is -2.23. The average Bonchev–Trinajstić information content (AvgIpc) is 2.65. The van der Waals surface area contributed by atoms with E-state index >= 15 is 0 Å². The van der Waals surface area contributed by atoms with Gasteiger partial charge in [-0.15, -0.1) is 0 Å². The van der Waals surface area contributed by atoms with E-state index in [0.29, 0.717) is 5.82 Å². The summed E-state index contributed by atoms with van der Waals surface area (Å²) in [6, 6.07) is 1.60. The molecule has 88 valence electrons. The Morgan fingerprint density at radius 1 is 1.62 bits per heavy atom. The molecule has 0 radical (unpaired) electrons. The van der Waals surface area contributed by atoms with Crippen molar-refractivity contribution < 1.29 is 0 Å². The zero-order valence-corrected chi connectivity index (χ0v) is 9.99. The third-order valence-electron chi connectivity index (χ3n) is 3.15. The molecule has 2 rings (SSSR count). The van der Waals surface area contributed by atoms with E-state index in [-0.39, 0.29) is 5.56 Å². The van der Waals surface area contributed by atoms with Gasteiger partial charge in [-0.25, -0.2) is 4.98 Å². The zero-order valence-electron chi connectivity index (χ0n) is 9.99. The van der Waals surface area contributed by atoms with E-state index in [1.54, 1.807) is 6.07 Å². The van der Waals surface area contributed by atoms with E-state index in [4.69, 9.17) is 0 Å². The van der Waals surface area contributed by atoms with Crippen molar-refractivity contribution in [2.45, 2.75) is 33.1 Å². The Labute approximate surface area is 95.7 Å². The van der Waals surface area contributed by atoms with Gasteiger partial charge in [0, 0.05) is 19.2 Å². The molecule has 1 saturated heterocycles. The summed E-state index contributed by atoms with van der Waals surface area (Å²) in [5.74, 6) is 2.30. The lowest BCUT2D eigenvalue weighted by atomic mass is 10.0. The quantitative estimate of drug-likeness (QED) is 0.845. The molecule has 0 aliphatic carbocycles. The van der Waals surface area contributed by atoms with Crippen molar-refractivity contribution in [2.24, 2.45) is 5.92 Å². The Bertz CT molecular complexity index is 413. The first-order valence-corrected chi connectivity index (χ1v) is 6.02. The molecule has 0 saturated carbocycles. The smallest absolute Gasteiger partial charge is 0.252 e. The minimum atomic E-state index is -0.0542. The fraction of sp³-hybridized carbons (Fsp3) is 0.667. The van der Waals surface area contributed by atoms with Gasteiger partial charge in [-0.3, -0.25) is 4.79 Å². The number of aryl methyl sites for hydroxylation is 1. The first-order chi connectivity index (χ1) is 7.69. The van der Waals surface area contributed by atoms with Crippen molar-refractivity contribution in [1.29, 1.82) is 0 Å². The molecule has 1 aliphatic heterocycles. The molecule has 2 heterocycles. The molecule has 1 aromatic rings. The Hall–Kier alpha value is -1.32. The van der Waals surface area contributed by atoms with Crippen LogP contribution in [0.25, 0.3) is 0 Å². The summed E-state index contributed by atoms with van der Waals surface area (Å²) in [5, 5.41) is 0. The minimum absolute atomic E-state index is 0.0542. The molecule has 1 N–H and O–H groups in total. The van der Waals surface area contributed by atoms with Crippen LogP contribution in [0.3, 0.4) is 0 Å². The Morgan fingerprint density at radius 3 is 3.12 bits per heavy atom. The van der Waals surface area contributed by atoms with Crippen LogP contribution >= 0.6 is 0 Å². The summed E-state index contributed by atoms with van der Waals surface area (Å²) in [7, 11) is 0. The van der Waals surface area contributed by atoms with Crippen molar-refractivity contribution in [3.05, 3.63) is 22.2 Å². The van der Waals surface area contributed by atoms with E-state index in [1.807, 2.05) is 6.92 Å². The van der Waals surface area contributed by atoms with Gasteiger partial charge in [0.2, 0.25) is 0 Å². The molecule has 0 amide bonds. The van der Waals surface area contributed by atoms with Gasteiger partial charge < -0.3 is 9.88 Å². The van der Waals surface area contributed by atoms with Gasteiger partial charge in [0.15, 0.2) is 0 Å². The number of hydrogen-bond donors (Lipinski definition) is 1. The number of H-pyrrole nitrogens is 1. The highest BCUT2D eigenvalue weighted by molar-refractivity contribution is 5.38. The number of nitrogens with one attached hydrogen (secondary N) is 1. The van der Waals surface area contributed by atoms with Crippen LogP contribution < -0.4 is 10.5 Å². The normalized spacial score (nSPS) is 20.4. The molecule has 0 aromatic carbocycles. The molecular formula is C12H19N3O. The fourth-order valence-corrected chi connectivity index (χ4v) is 2.41. The molecule has 0 spiro atoms. The van der Waals surface area contributed by atoms with Crippen LogP contribution in [0.5, 0.6) is 0 Å². The van der Waals surface area contributed by atoms with E-state index in [0.717, 1.165) is 24.8 Å². The van der Waals surface area contributed by atoms with Gasteiger partial charge in [0.1, 0.15) is 11.6 Å². The van der Waals surface area contributed by atoms with Crippen LogP contribution in [-0.4, -0.2) is 23.1 Å². The number of nitrogens with zero attached hydrogens (tertiary/aromatic N) is 2. The zero-order chi connectivity index (χ0) is 11.5. The molecule has 16 heavy (non-hydrogen) atoms. The third kappa shape index (κ3) is 2.43. The maximum Gasteiger partial charge on any atom is 0.252 e. The molecule has 1 unspecified atom stereocenters. The number of anilines is 1. The Morgan fingerprint density at radius 2 is 2.44 bits per heavy atom. The lowest BCUT2D eigenvalue weighted by Gasteiger charge is -2.17. The highest BCUT2D eigenvalue weighted by Crippen LogP contribution is 2.24. The van der Waals surface area contributed by atoms with E-state index < -0.39 is 0 Å². The van der Waals surface area contributed by atoms with Gasteiger partial charge in [0.25, 0.3) is 5.56 Å². The second-order valence-electron chi connectivity index (χ2n) is 4.58. The predicted molar refractivity (Wildman–Crippen MR) is 64.8 cm³/mol. The maximum absolute atomic E-state index is 11.4. The van der Waals surface area contributed by atoms with Crippen molar-refractivity contribution in [1.82, 2.24) is 9.97 Å². The number of aromatic nitrogens is 2. The van der Waals surface area contributed by atoms with Crippen molar-refractivity contribution in [3.63, 3.8) is 0 Å². The van der Waals surface area contributed by atoms with Crippen molar-refractivity contribution in [3.8, 4) is 0 Å². The van der Waals surface area contributed by atoms with Crippen LogP contribution in [0.1, 0.15) is 32.0 Å². The molecular weight excluding hydrogens is 202 g/mol. The summed E-state index contributed by atoms with van der Waals surface area (Å²) in [5.41, 5.74) is -0.0542. The van der Waals surface area contributed by atoms with Gasteiger partial charge >= 0.3 is 0 Å². The summed E-state index contributed by atoms with van der Waals surface area (Å²) in [4.78, 5) is 20.6. The van der Waals surface area contributed by atoms with Gasteiger partial charge in [-0.2, -0.15) is 0 Å². The fourth-order valence-electron chi connectivity index (χ4n) is 2.41. The second-order valence-corrected chi connectivity index (χ2v) is 4.58. The molecule has 4 nitrogen and oxygen atoms in total. The summed E-state index contributed by atoms with van der Waals surface area (Å²) in [6.45, 7) is 6.12. The largest absolute Gasteiger partial charge is 0.356 e. The monoisotopic (exact) mass is 221 g/mol. The average molecular weight is 221 g/mol. The number of aromatic amines is 1. The van der Waals surface area contributed by atoms with Gasteiger partial charge in [0.05, 0.1) is 0 Å². The Balaban J connectivity index is 2.11. The van der Waals surface area contributed by atoms with E-state index in [1.165, 1.54) is 19.3 Å². The Kier molecular flexibility index (Phi) is 3.27. The van der Waals surface area contributed by atoms with E-state index in [2.05, 4.69) is 21.8 Å². The number of rotatable bonds is 3. The molecule has 1 aromatic heterocycles. The molecule has 4 heteroatoms.